The first-order valence-electron chi connectivity index (χ1n) is 4.26. The summed E-state index contributed by atoms with van der Waals surface area (Å²) in [5.41, 5.74) is 2.86. The van der Waals surface area contributed by atoms with Gasteiger partial charge in [-0.05, 0) is 22.9 Å². The number of nitrogens with two attached hydrogens (primary N) is 1. The third-order valence-electron chi connectivity index (χ3n) is 2.06. The molecule has 2 aromatic rings. The van der Waals surface area contributed by atoms with Gasteiger partial charge in [0.25, 0.3) is 0 Å². The van der Waals surface area contributed by atoms with Crippen molar-refractivity contribution in [2.75, 3.05) is 5.84 Å². The molecule has 1 aromatic carbocycles. The zero-order valence-electron chi connectivity index (χ0n) is 7.74. The van der Waals surface area contributed by atoms with Crippen LogP contribution in [0.1, 0.15) is 5.69 Å². The SMILES string of the molecule is Cc1nn(N)c(-c2ccccc2)c1Br. The number of aryl methyl sites for hydroxylation is 1. The summed E-state index contributed by atoms with van der Waals surface area (Å²) in [6, 6.07) is 9.94. The van der Waals surface area contributed by atoms with E-state index in [9.17, 15) is 0 Å². The van der Waals surface area contributed by atoms with Crippen molar-refractivity contribution >= 4 is 15.9 Å². The summed E-state index contributed by atoms with van der Waals surface area (Å²) in [4.78, 5) is 1.40. The highest BCUT2D eigenvalue weighted by molar-refractivity contribution is 9.10. The molecule has 1 aromatic heterocycles. The van der Waals surface area contributed by atoms with Crippen molar-refractivity contribution in [1.29, 1.82) is 0 Å². The van der Waals surface area contributed by atoms with Crippen molar-refractivity contribution in [1.82, 2.24) is 9.89 Å². The van der Waals surface area contributed by atoms with E-state index in [0.717, 1.165) is 21.4 Å². The van der Waals surface area contributed by atoms with E-state index in [2.05, 4.69) is 21.0 Å². The summed E-state index contributed by atoms with van der Waals surface area (Å²) in [6.07, 6.45) is 0. The Morgan fingerprint density at radius 2 is 1.93 bits per heavy atom. The molecule has 3 nitrogen and oxygen atoms in total. The minimum atomic E-state index is 0.895. The third kappa shape index (κ3) is 1.42. The van der Waals surface area contributed by atoms with Gasteiger partial charge in [-0.1, -0.05) is 30.3 Å². The van der Waals surface area contributed by atoms with E-state index in [0.29, 0.717) is 0 Å². The molecule has 4 heteroatoms. The van der Waals surface area contributed by atoms with Gasteiger partial charge in [-0.3, -0.25) is 0 Å². The fraction of sp³-hybridized carbons (Fsp3) is 0.100. The fourth-order valence-corrected chi connectivity index (χ4v) is 1.87. The van der Waals surface area contributed by atoms with Gasteiger partial charge in [0.2, 0.25) is 0 Å². The summed E-state index contributed by atoms with van der Waals surface area (Å²) < 4.78 is 0.950. The van der Waals surface area contributed by atoms with Crippen molar-refractivity contribution in [3.05, 3.63) is 40.5 Å². The number of aromatic nitrogens is 2. The average Bonchev–Trinajstić information content (AvgIpc) is 2.43. The van der Waals surface area contributed by atoms with E-state index >= 15 is 0 Å². The standard InChI is InChI=1S/C10H10BrN3/c1-7-9(11)10(14(12)13-7)8-5-3-2-4-6-8/h2-6H,12H2,1H3. The second kappa shape index (κ2) is 3.46. The van der Waals surface area contributed by atoms with Crippen molar-refractivity contribution in [2.24, 2.45) is 0 Å². The van der Waals surface area contributed by atoms with Crippen molar-refractivity contribution < 1.29 is 0 Å². The van der Waals surface area contributed by atoms with Gasteiger partial charge in [0.05, 0.1) is 10.2 Å². The second-order valence-electron chi connectivity index (χ2n) is 3.06. The third-order valence-corrected chi connectivity index (χ3v) is 3.01. The molecule has 0 saturated carbocycles. The Morgan fingerprint density at radius 3 is 2.43 bits per heavy atom. The first-order valence-corrected chi connectivity index (χ1v) is 5.05. The largest absolute Gasteiger partial charge is 0.323 e. The topological polar surface area (TPSA) is 43.8 Å². The molecule has 14 heavy (non-hydrogen) atoms. The molecule has 0 saturated heterocycles. The van der Waals surface area contributed by atoms with Crippen molar-refractivity contribution in [3.8, 4) is 11.3 Å². The zero-order valence-corrected chi connectivity index (χ0v) is 9.32. The summed E-state index contributed by atoms with van der Waals surface area (Å²) in [7, 11) is 0. The lowest BCUT2D eigenvalue weighted by Crippen LogP contribution is -2.11. The van der Waals surface area contributed by atoms with Crippen molar-refractivity contribution in [2.45, 2.75) is 6.92 Å². The monoisotopic (exact) mass is 251 g/mol. The Kier molecular flexibility index (Phi) is 2.29. The summed E-state index contributed by atoms with van der Waals surface area (Å²) in [6.45, 7) is 1.92. The van der Waals surface area contributed by atoms with Crippen LogP contribution in [-0.4, -0.2) is 9.89 Å². The van der Waals surface area contributed by atoms with Crippen molar-refractivity contribution in [3.63, 3.8) is 0 Å². The van der Waals surface area contributed by atoms with Gasteiger partial charge >= 0.3 is 0 Å². The van der Waals surface area contributed by atoms with Crippen LogP contribution in [0.25, 0.3) is 11.3 Å². The lowest BCUT2D eigenvalue weighted by atomic mass is 10.1. The zero-order chi connectivity index (χ0) is 10.1. The Balaban J connectivity index is 2.62. The maximum absolute atomic E-state index is 5.75. The molecule has 1 heterocycles. The van der Waals surface area contributed by atoms with E-state index in [1.807, 2.05) is 37.3 Å². The van der Waals surface area contributed by atoms with Crippen LogP contribution in [0.15, 0.2) is 34.8 Å². The van der Waals surface area contributed by atoms with Crippen LogP contribution in [0.2, 0.25) is 0 Å². The predicted molar refractivity (Wildman–Crippen MR) is 60.3 cm³/mol. The quantitative estimate of drug-likeness (QED) is 0.791. The van der Waals surface area contributed by atoms with Gasteiger partial charge < -0.3 is 5.84 Å². The van der Waals surface area contributed by atoms with E-state index in [4.69, 9.17) is 5.84 Å². The lowest BCUT2D eigenvalue weighted by Gasteiger charge is -2.01. The predicted octanol–water partition coefficient (Wildman–Crippen LogP) is 2.33. The van der Waals surface area contributed by atoms with Gasteiger partial charge in [-0.2, -0.15) is 9.89 Å². The Labute approximate surface area is 90.6 Å². The molecule has 0 bridgehead atoms. The van der Waals surface area contributed by atoms with Gasteiger partial charge in [-0.25, -0.2) is 0 Å². The minimum Gasteiger partial charge on any atom is -0.323 e. The molecule has 0 aliphatic rings. The maximum atomic E-state index is 5.75. The highest BCUT2D eigenvalue weighted by Gasteiger charge is 2.12. The molecular formula is C10H10BrN3. The van der Waals surface area contributed by atoms with Crippen LogP contribution in [0.3, 0.4) is 0 Å². The van der Waals surface area contributed by atoms with Crippen LogP contribution in [-0.2, 0) is 0 Å². The highest BCUT2D eigenvalue weighted by Crippen LogP contribution is 2.29. The normalized spacial score (nSPS) is 10.4. The maximum Gasteiger partial charge on any atom is 0.106 e. The fourth-order valence-electron chi connectivity index (χ4n) is 1.38. The van der Waals surface area contributed by atoms with Gasteiger partial charge in [-0.15, -0.1) is 0 Å². The Morgan fingerprint density at radius 1 is 1.29 bits per heavy atom. The molecule has 2 rings (SSSR count). The number of hydrogen-bond donors (Lipinski definition) is 1. The number of benzene rings is 1. The van der Waals surface area contributed by atoms with Gasteiger partial charge in [0.1, 0.15) is 5.69 Å². The van der Waals surface area contributed by atoms with Crippen LogP contribution in [0, 0.1) is 6.92 Å². The molecule has 0 aliphatic heterocycles. The number of nitrogen functional groups attached to an aromatic ring is 1. The molecule has 0 atom stereocenters. The first-order chi connectivity index (χ1) is 6.70. The first kappa shape index (κ1) is 9.27. The number of halogens is 1. The summed E-state index contributed by atoms with van der Waals surface area (Å²) in [5.74, 6) is 5.75. The number of rotatable bonds is 1. The second-order valence-corrected chi connectivity index (χ2v) is 3.85. The highest BCUT2D eigenvalue weighted by atomic mass is 79.9. The van der Waals surface area contributed by atoms with E-state index < -0.39 is 0 Å². The summed E-state index contributed by atoms with van der Waals surface area (Å²) in [5, 5.41) is 4.13. The Bertz CT molecular complexity index is 448. The average molecular weight is 252 g/mol. The van der Waals surface area contributed by atoms with Crippen LogP contribution >= 0.6 is 15.9 Å². The van der Waals surface area contributed by atoms with E-state index in [1.165, 1.54) is 4.79 Å². The molecule has 72 valence electrons. The molecule has 2 N–H and O–H groups in total. The Hall–Kier alpha value is -1.29. The molecule has 0 spiro atoms. The number of nitrogens with zero attached hydrogens (tertiary/aromatic N) is 2. The van der Waals surface area contributed by atoms with Gasteiger partial charge in [0, 0.05) is 5.56 Å². The molecule has 0 aliphatic carbocycles. The number of hydrogen-bond acceptors (Lipinski definition) is 2. The molecule has 0 radical (unpaired) electrons. The molecular weight excluding hydrogens is 242 g/mol. The molecule has 0 fully saturated rings. The smallest absolute Gasteiger partial charge is 0.106 e. The van der Waals surface area contributed by atoms with Crippen LogP contribution in [0.4, 0.5) is 0 Å². The van der Waals surface area contributed by atoms with Gasteiger partial charge in [0.15, 0.2) is 0 Å². The van der Waals surface area contributed by atoms with Crippen LogP contribution in [0.5, 0.6) is 0 Å². The molecule has 0 unspecified atom stereocenters. The lowest BCUT2D eigenvalue weighted by molar-refractivity contribution is 0.824. The van der Waals surface area contributed by atoms with E-state index in [-0.39, 0.29) is 0 Å². The summed E-state index contributed by atoms with van der Waals surface area (Å²) >= 11 is 3.47. The minimum absolute atomic E-state index is 0.895. The van der Waals surface area contributed by atoms with Crippen LogP contribution < -0.4 is 5.84 Å². The molecule has 0 amide bonds. The van der Waals surface area contributed by atoms with E-state index in [1.54, 1.807) is 0 Å².